The second kappa shape index (κ2) is 9.93. The molecule has 1 saturated heterocycles. The van der Waals surface area contributed by atoms with E-state index in [0.29, 0.717) is 39.3 Å². The summed E-state index contributed by atoms with van der Waals surface area (Å²) in [7, 11) is 0. The molecule has 0 spiro atoms. The van der Waals surface area contributed by atoms with Gasteiger partial charge in [-0.25, -0.2) is 4.98 Å². The average molecular weight is 463 g/mol. The molecule has 6 nitrogen and oxygen atoms in total. The van der Waals surface area contributed by atoms with Crippen LogP contribution < -0.4 is 10.9 Å². The van der Waals surface area contributed by atoms with E-state index in [1.807, 2.05) is 24.3 Å². The highest BCUT2D eigenvalue weighted by molar-refractivity contribution is 8.26. The van der Waals surface area contributed by atoms with Crippen molar-refractivity contribution in [3.63, 3.8) is 0 Å². The zero-order valence-corrected chi connectivity index (χ0v) is 19.0. The van der Waals surface area contributed by atoms with Crippen molar-refractivity contribution in [2.24, 2.45) is 0 Å². The van der Waals surface area contributed by atoms with Gasteiger partial charge in [0, 0.05) is 19.3 Å². The minimum atomic E-state index is -0.253. The number of aryl methyl sites for hydroxylation is 1. The first-order valence-corrected chi connectivity index (χ1v) is 11.5. The number of benzene rings is 1. The SMILES string of the molecule is C=CCNc1nc2ccccn2c(=O)c1C=C1SC(=S)N(CCCc2ccccc2)C1=O. The summed E-state index contributed by atoms with van der Waals surface area (Å²) in [5.74, 6) is 0.232. The summed E-state index contributed by atoms with van der Waals surface area (Å²) in [5, 5.41) is 3.11. The molecule has 8 heteroatoms. The lowest BCUT2D eigenvalue weighted by Crippen LogP contribution is -2.29. The third kappa shape index (κ3) is 4.66. The van der Waals surface area contributed by atoms with Crippen LogP contribution in [0.25, 0.3) is 11.7 Å². The van der Waals surface area contributed by atoms with E-state index in [2.05, 4.69) is 29.0 Å². The molecule has 0 aliphatic carbocycles. The van der Waals surface area contributed by atoms with Crippen LogP contribution in [0.1, 0.15) is 17.5 Å². The molecular formula is C24H22N4O2S2. The van der Waals surface area contributed by atoms with Gasteiger partial charge in [0.05, 0.1) is 10.5 Å². The molecule has 1 aromatic carbocycles. The molecule has 1 fully saturated rings. The Morgan fingerprint density at radius 3 is 2.69 bits per heavy atom. The number of carbonyl (C=O) groups excluding carboxylic acids is 1. The number of fused-ring (bicyclic) bond motifs is 1. The monoisotopic (exact) mass is 462 g/mol. The van der Waals surface area contributed by atoms with Crippen LogP contribution in [0.5, 0.6) is 0 Å². The van der Waals surface area contributed by atoms with Gasteiger partial charge in [0.25, 0.3) is 11.5 Å². The maximum atomic E-state index is 13.1. The van der Waals surface area contributed by atoms with E-state index < -0.39 is 0 Å². The van der Waals surface area contributed by atoms with Gasteiger partial charge in [-0.1, -0.05) is 66.5 Å². The third-order valence-electron chi connectivity index (χ3n) is 5.02. The first-order valence-electron chi connectivity index (χ1n) is 10.2. The Balaban J connectivity index is 1.59. The van der Waals surface area contributed by atoms with E-state index in [9.17, 15) is 9.59 Å². The summed E-state index contributed by atoms with van der Waals surface area (Å²) < 4.78 is 1.97. The minimum absolute atomic E-state index is 0.180. The number of hydrogen-bond acceptors (Lipinski definition) is 6. The average Bonchev–Trinajstić information content (AvgIpc) is 3.08. The first-order chi connectivity index (χ1) is 15.6. The van der Waals surface area contributed by atoms with Crippen LogP contribution in [0, 0.1) is 0 Å². The second-order valence-corrected chi connectivity index (χ2v) is 8.88. The molecule has 3 aromatic rings. The Labute approximate surface area is 195 Å². The largest absolute Gasteiger partial charge is 0.366 e. The van der Waals surface area contributed by atoms with Gasteiger partial charge in [0.2, 0.25) is 0 Å². The summed E-state index contributed by atoms with van der Waals surface area (Å²) >= 11 is 6.67. The molecule has 2 aromatic heterocycles. The molecule has 0 unspecified atom stereocenters. The standard InChI is InChI=1S/C24H22N4O2S2/c1-2-13-25-21-18(22(29)27-14-7-6-12-20(27)26-21)16-19-23(30)28(24(31)32-19)15-8-11-17-9-4-3-5-10-17/h2-7,9-10,12,14,16,25H,1,8,11,13,15H2. The van der Waals surface area contributed by atoms with Gasteiger partial charge >= 0.3 is 0 Å². The van der Waals surface area contributed by atoms with E-state index in [1.165, 1.54) is 21.7 Å². The number of nitrogens with one attached hydrogen (secondary N) is 1. The van der Waals surface area contributed by atoms with Crippen molar-refractivity contribution in [2.45, 2.75) is 12.8 Å². The van der Waals surface area contributed by atoms with Crippen molar-refractivity contribution < 1.29 is 4.79 Å². The quantitative estimate of drug-likeness (QED) is 0.309. The number of aromatic nitrogens is 2. The number of hydrogen-bond donors (Lipinski definition) is 1. The van der Waals surface area contributed by atoms with Crippen LogP contribution >= 0.6 is 24.0 Å². The van der Waals surface area contributed by atoms with Gasteiger partial charge in [0.15, 0.2) is 0 Å². The summed E-state index contributed by atoms with van der Waals surface area (Å²) in [4.78, 5) is 32.8. The van der Waals surface area contributed by atoms with E-state index in [0.717, 1.165) is 12.8 Å². The Morgan fingerprint density at radius 2 is 1.91 bits per heavy atom. The highest BCUT2D eigenvalue weighted by Crippen LogP contribution is 2.33. The number of amides is 1. The summed E-state index contributed by atoms with van der Waals surface area (Å²) in [6, 6.07) is 15.5. The van der Waals surface area contributed by atoms with Crippen molar-refractivity contribution in [1.29, 1.82) is 0 Å². The lowest BCUT2D eigenvalue weighted by Gasteiger charge is -2.14. The molecule has 0 radical (unpaired) electrons. The molecule has 1 amide bonds. The van der Waals surface area contributed by atoms with Crippen molar-refractivity contribution in [2.75, 3.05) is 18.4 Å². The lowest BCUT2D eigenvalue weighted by molar-refractivity contribution is -0.122. The fourth-order valence-corrected chi connectivity index (χ4v) is 4.74. The van der Waals surface area contributed by atoms with Crippen LogP contribution in [0.3, 0.4) is 0 Å². The molecule has 32 heavy (non-hydrogen) atoms. The Bertz CT molecular complexity index is 1270. The number of nitrogens with zero attached hydrogens (tertiary/aromatic N) is 3. The van der Waals surface area contributed by atoms with Crippen LogP contribution in [0.2, 0.25) is 0 Å². The molecule has 1 N–H and O–H groups in total. The van der Waals surface area contributed by atoms with Gasteiger partial charge in [-0.2, -0.15) is 0 Å². The normalized spacial score (nSPS) is 15.0. The van der Waals surface area contributed by atoms with E-state index in [1.54, 1.807) is 35.4 Å². The van der Waals surface area contributed by atoms with Crippen LogP contribution in [0.4, 0.5) is 5.82 Å². The molecule has 0 atom stereocenters. The van der Waals surface area contributed by atoms with Crippen molar-refractivity contribution in [3.05, 3.63) is 93.8 Å². The number of anilines is 1. The topological polar surface area (TPSA) is 66.7 Å². The van der Waals surface area contributed by atoms with Crippen molar-refractivity contribution >= 4 is 51.7 Å². The fourth-order valence-electron chi connectivity index (χ4n) is 3.45. The molecule has 4 rings (SSSR count). The Morgan fingerprint density at radius 1 is 1.12 bits per heavy atom. The number of rotatable bonds is 8. The molecular weight excluding hydrogens is 440 g/mol. The van der Waals surface area contributed by atoms with Crippen LogP contribution in [-0.4, -0.2) is 37.6 Å². The minimum Gasteiger partial charge on any atom is -0.366 e. The van der Waals surface area contributed by atoms with Crippen molar-refractivity contribution in [3.8, 4) is 0 Å². The maximum Gasteiger partial charge on any atom is 0.267 e. The summed E-state index contributed by atoms with van der Waals surface area (Å²) in [6.45, 7) is 4.68. The molecule has 1 aliphatic heterocycles. The molecule has 3 heterocycles. The fraction of sp³-hybridized carbons (Fsp3) is 0.167. The Kier molecular flexibility index (Phi) is 6.82. The van der Waals surface area contributed by atoms with E-state index >= 15 is 0 Å². The predicted molar refractivity (Wildman–Crippen MR) is 135 cm³/mol. The molecule has 0 saturated carbocycles. The van der Waals surface area contributed by atoms with Crippen molar-refractivity contribution in [1.82, 2.24) is 14.3 Å². The first kappa shape index (κ1) is 22.0. The van der Waals surface area contributed by atoms with Gasteiger partial charge in [-0.05, 0) is 36.6 Å². The van der Waals surface area contributed by atoms with E-state index in [4.69, 9.17) is 12.2 Å². The van der Waals surface area contributed by atoms with E-state index in [-0.39, 0.29) is 11.5 Å². The third-order valence-corrected chi connectivity index (χ3v) is 6.40. The highest BCUT2D eigenvalue weighted by atomic mass is 32.2. The highest BCUT2D eigenvalue weighted by Gasteiger charge is 2.32. The smallest absolute Gasteiger partial charge is 0.267 e. The van der Waals surface area contributed by atoms with Crippen LogP contribution in [-0.2, 0) is 11.2 Å². The maximum absolute atomic E-state index is 13.1. The van der Waals surface area contributed by atoms with Crippen LogP contribution in [0.15, 0.2) is 77.1 Å². The second-order valence-electron chi connectivity index (χ2n) is 7.20. The van der Waals surface area contributed by atoms with Gasteiger partial charge in [-0.3, -0.25) is 18.9 Å². The molecule has 1 aliphatic rings. The predicted octanol–water partition coefficient (Wildman–Crippen LogP) is 4.13. The number of pyridine rings is 1. The zero-order chi connectivity index (χ0) is 22.5. The zero-order valence-electron chi connectivity index (χ0n) is 17.4. The number of thiocarbonyl (C=S) groups is 1. The molecule has 162 valence electrons. The summed E-state index contributed by atoms with van der Waals surface area (Å²) in [5.41, 5.74) is 1.81. The molecule has 0 bridgehead atoms. The number of thioether (sulfide) groups is 1. The van der Waals surface area contributed by atoms with Gasteiger partial charge in [0.1, 0.15) is 15.8 Å². The van der Waals surface area contributed by atoms with Gasteiger partial charge in [-0.15, -0.1) is 6.58 Å². The summed E-state index contributed by atoms with van der Waals surface area (Å²) in [6.07, 6.45) is 6.60. The lowest BCUT2D eigenvalue weighted by atomic mass is 10.1. The van der Waals surface area contributed by atoms with Gasteiger partial charge < -0.3 is 5.32 Å². The Hall–Kier alpha value is -3.23. The number of carbonyl (C=O) groups is 1.